The van der Waals surface area contributed by atoms with Crippen molar-refractivity contribution in [1.29, 1.82) is 0 Å². The van der Waals surface area contributed by atoms with Crippen molar-refractivity contribution in [2.75, 3.05) is 7.11 Å². The van der Waals surface area contributed by atoms with Gasteiger partial charge in [0.25, 0.3) is 18.2 Å². The average Bonchev–Trinajstić information content (AvgIpc) is 2.80. The van der Waals surface area contributed by atoms with Crippen molar-refractivity contribution in [1.82, 2.24) is 10.8 Å². The van der Waals surface area contributed by atoms with Crippen molar-refractivity contribution in [3.05, 3.63) is 65.2 Å². The van der Waals surface area contributed by atoms with Gasteiger partial charge in [-0.3, -0.25) is 14.8 Å². The fourth-order valence-corrected chi connectivity index (χ4v) is 2.57. The summed E-state index contributed by atoms with van der Waals surface area (Å²) in [6.45, 7) is 0.937. The number of para-hydroxylation sites is 1. The second kappa shape index (κ2) is 10.9. The maximum Gasteiger partial charge on any atom is 0.269 e. The highest BCUT2D eigenvalue weighted by Gasteiger charge is 2.48. The monoisotopic (exact) mass is 442 g/mol. The predicted molar refractivity (Wildman–Crippen MR) is 111 cm³/mol. The van der Waals surface area contributed by atoms with Gasteiger partial charge in [0.1, 0.15) is 11.8 Å². The van der Waals surface area contributed by atoms with E-state index in [2.05, 4.69) is 29.0 Å². The number of amides is 2. The van der Waals surface area contributed by atoms with E-state index < -0.39 is 29.9 Å². The number of ether oxygens (including phenoxy) is 1. The lowest BCUT2D eigenvalue weighted by atomic mass is 9.95. The van der Waals surface area contributed by atoms with E-state index in [4.69, 9.17) is 9.94 Å². The Morgan fingerprint density at radius 1 is 1.06 bits per heavy atom. The van der Waals surface area contributed by atoms with Crippen LogP contribution < -0.4 is 10.8 Å². The van der Waals surface area contributed by atoms with Crippen molar-refractivity contribution >= 4 is 11.8 Å². The van der Waals surface area contributed by atoms with Crippen LogP contribution >= 0.6 is 0 Å². The largest absolute Gasteiger partial charge is 0.507 e. The first-order valence-electron chi connectivity index (χ1n) is 9.21. The zero-order valence-electron chi connectivity index (χ0n) is 17.1. The van der Waals surface area contributed by atoms with Crippen LogP contribution in [0.4, 0.5) is 8.78 Å². The van der Waals surface area contributed by atoms with Crippen molar-refractivity contribution < 1.29 is 33.4 Å². The normalized spacial score (nSPS) is 12.9. The number of benzene rings is 2. The summed E-state index contributed by atoms with van der Waals surface area (Å²) in [6.07, 6.45) is -3.13. The number of phenols is 1. The molecule has 0 saturated heterocycles. The Morgan fingerprint density at radius 3 is 2.25 bits per heavy atom. The number of phenolic OH excluding ortho intramolecular Hbond substituents is 1. The zero-order valence-corrected chi connectivity index (χ0v) is 17.1. The van der Waals surface area contributed by atoms with E-state index in [1.165, 1.54) is 35.8 Å². The zero-order chi connectivity index (χ0) is 23.7. The Labute approximate surface area is 183 Å². The summed E-state index contributed by atoms with van der Waals surface area (Å²) in [5, 5.41) is 20.7. The van der Waals surface area contributed by atoms with Crippen LogP contribution in [-0.2, 0) is 9.53 Å². The molecule has 0 aliphatic carbocycles. The highest BCUT2D eigenvalue weighted by atomic mass is 19.3. The summed E-state index contributed by atoms with van der Waals surface area (Å²) >= 11 is 0. The average molecular weight is 442 g/mol. The lowest BCUT2D eigenvalue weighted by Crippen LogP contribution is -2.62. The van der Waals surface area contributed by atoms with E-state index in [-0.39, 0.29) is 11.3 Å². The minimum absolute atomic E-state index is 0.0433. The first-order chi connectivity index (χ1) is 15.2. The molecule has 7 nitrogen and oxygen atoms in total. The summed E-state index contributed by atoms with van der Waals surface area (Å²) in [4.78, 5) is 24.3. The predicted octanol–water partition coefficient (Wildman–Crippen LogP) is 2.07. The van der Waals surface area contributed by atoms with Gasteiger partial charge in [-0.15, -0.1) is 0 Å². The van der Waals surface area contributed by atoms with Gasteiger partial charge in [0.2, 0.25) is 0 Å². The summed E-state index contributed by atoms with van der Waals surface area (Å²) in [5.74, 6) is 8.65. The molecule has 2 aromatic rings. The Kier molecular flexibility index (Phi) is 8.31. The minimum Gasteiger partial charge on any atom is -0.507 e. The van der Waals surface area contributed by atoms with Gasteiger partial charge in [0.05, 0.1) is 5.56 Å². The van der Waals surface area contributed by atoms with Crippen LogP contribution in [0.5, 0.6) is 5.75 Å². The topological polar surface area (TPSA) is 108 Å². The quantitative estimate of drug-likeness (QED) is 0.311. The van der Waals surface area contributed by atoms with Crippen LogP contribution in [0, 0.1) is 23.7 Å². The number of aromatic hydroxyl groups is 1. The molecule has 2 amide bonds. The first-order valence-corrected chi connectivity index (χ1v) is 9.21. The van der Waals surface area contributed by atoms with Crippen molar-refractivity contribution in [3.8, 4) is 29.4 Å². The third kappa shape index (κ3) is 5.82. The number of methoxy groups -OCH3 is 1. The van der Waals surface area contributed by atoms with Gasteiger partial charge in [-0.25, -0.2) is 14.3 Å². The Morgan fingerprint density at radius 2 is 1.69 bits per heavy atom. The number of carbonyl (C=O) groups is 2. The number of hydrogen-bond donors (Lipinski definition) is 4. The van der Waals surface area contributed by atoms with E-state index in [0.717, 1.165) is 14.0 Å². The molecule has 166 valence electrons. The summed E-state index contributed by atoms with van der Waals surface area (Å²) in [5.41, 5.74) is -0.0974. The van der Waals surface area contributed by atoms with Gasteiger partial charge in [-0.1, -0.05) is 18.1 Å². The highest BCUT2D eigenvalue weighted by Crippen LogP contribution is 2.24. The molecule has 0 saturated carbocycles. The summed E-state index contributed by atoms with van der Waals surface area (Å²) in [6, 6.07) is 10.5. The lowest BCUT2D eigenvalue weighted by Gasteiger charge is -2.34. The maximum atomic E-state index is 13.4. The second-order valence-electron chi connectivity index (χ2n) is 6.67. The number of hydrogen-bond acceptors (Lipinski definition) is 5. The molecule has 9 heteroatoms. The van der Waals surface area contributed by atoms with Crippen LogP contribution in [-0.4, -0.2) is 47.3 Å². The van der Waals surface area contributed by atoms with E-state index in [9.17, 15) is 23.5 Å². The SMILES string of the molecule is COC(C)(C(F)F)[C@H](NC(=O)c1ccc(C#CC#Cc2ccccc2O)cc1)C(=O)NO. The molecule has 2 rings (SSSR count). The number of hydroxylamine groups is 1. The first kappa shape index (κ1) is 24.4. The minimum atomic E-state index is -3.13. The molecule has 0 spiro atoms. The molecule has 0 aliphatic rings. The Hall–Kier alpha value is -3.92. The van der Waals surface area contributed by atoms with Crippen LogP contribution in [0.3, 0.4) is 0 Å². The molecule has 2 atom stereocenters. The smallest absolute Gasteiger partial charge is 0.269 e. The third-order valence-electron chi connectivity index (χ3n) is 4.61. The molecule has 0 fully saturated rings. The van der Waals surface area contributed by atoms with Crippen LogP contribution in [0.1, 0.15) is 28.4 Å². The molecule has 0 heterocycles. The molecular formula is C23H20F2N2O5. The fourth-order valence-electron chi connectivity index (χ4n) is 2.57. The number of alkyl halides is 2. The summed E-state index contributed by atoms with van der Waals surface area (Å²) < 4.78 is 31.6. The van der Waals surface area contributed by atoms with Crippen LogP contribution in [0.15, 0.2) is 48.5 Å². The fraction of sp³-hybridized carbons (Fsp3) is 0.217. The Bertz CT molecular complexity index is 1100. The van der Waals surface area contributed by atoms with Gasteiger partial charge in [-0.05, 0) is 61.1 Å². The molecule has 4 N–H and O–H groups in total. The summed E-state index contributed by atoms with van der Waals surface area (Å²) in [7, 11) is 0.964. The van der Waals surface area contributed by atoms with E-state index in [0.29, 0.717) is 11.1 Å². The number of halogens is 2. The van der Waals surface area contributed by atoms with E-state index >= 15 is 0 Å². The lowest BCUT2D eigenvalue weighted by molar-refractivity contribution is -0.157. The van der Waals surface area contributed by atoms with Gasteiger partial charge < -0.3 is 15.2 Å². The van der Waals surface area contributed by atoms with Crippen LogP contribution in [0.2, 0.25) is 0 Å². The molecule has 0 aromatic heterocycles. The molecule has 2 aromatic carbocycles. The molecule has 0 radical (unpaired) electrons. The molecule has 1 unspecified atom stereocenters. The van der Waals surface area contributed by atoms with Crippen molar-refractivity contribution in [2.45, 2.75) is 25.0 Å². The molecule has 0 bridgehead atoms. The second-order valence-corrected chi connectivity index (χ2v) is 6.67. The Balaban J connectivity index is 2.15. The molecule has 32 heavy (non-hydrogen) atoms. The van der Waals surface area contributed by atoms with E-state index in [1.54, 1.807) is 18.2 Å². The van der Waals surface area contributed by atoms with Crippen molar-refractivity contribution in [3.63, 3.8) is 0 Å². The molecular weight excluding hydrogens is 422 g/mol. The van der Waals surface area contributed by atoms with Crippen molar-refractivity contribution in [2.24, 2.45) is 0 Å². The van der Waals surface area contributed by atoms with Gasteiger partial charge in [0.15, 0.2) is 5.60 Å². The number of carbonyl (C=O) groups excluding carboxylic acids is 2. The maximum absolute atomic E-state index is 13.4. The van der Waals surface area contributed by atoms with Crippen LogP contribution in [0.25, 0.3) is 0 Å². The van der Waals surface area contributed by atoms with Gasteiger partial charge in [-0.2, -0.15) is 0 Å². The van der Waals surface area contributed by atoms with Gasteiger partial charge in [0, 0.05) is 18.2 Å². The standard InChI is InChI=1S/C23H20F2N2O5/c1-23(32-2,22(24)25)19(21(30)27-31)26-20(29)17-13-11-15(12-14-17)7-3-4-8-16-9-5-6-10-18(16)28/h5-6,9-14,19,22,28,31H,1-2H3,(H,26,29)(H,27,30)/t19-,23?/m1/s1. The van der Waals surface area contributed by atoms with Gasteiger partial charge >= 0.3 is 0 Å². The highest BCUT2D eigenvalue weighted by molar-refractivity contribution is 5.97. The third-order valence-corrected chi connectivity index (χ3v) is 4.61. The number of rotatable bonds is 6. The number of nitrogens with one attached hydrogen (secondary N) is 2. The molecule has 0 aliphatic heterocycles. The van der Waals surface area contributed by atoms with E-state index in [1.807, 2.05) is 0 Å².